The molecule has 7 heteroatoms. The number of nitro groups is 1. The van der Waals surface area contributed by atoms with Gasteiger partial charge in [-0.15, -0.1) is 0 Å². The van der Waals surface area contributed by atoms with Crippen LogP contribution in [0.15, 0.2) is 18.2 Å². The van der Waals surface area contributed by atoms with E-state index in [1.54, 1.807) is 6.92 Å². The van der Waals surface area contributed by atoms with Crippen LogP contribution in [0.2, 0.25) is 0 Å². The highest BCUT2D eigenvalue weighted by Crippen LogP contribution is 2.38. The molecule has 0 spiro atoms. The normalized spacial score (nSPS) is 19.9. The molecule has 0 radical (unpaired) electrons. The Morgan fingerprint density at radius 3 is 2.75 bits per heavy atom. The quantitative estimate of drug-likeness (QED) is 0.358. The summed E-state index contributed by atoms with van der Waals surface area (Å²) in [5.41, 5.74) is -1.40. The topological polar surface area (TPSA) is 95.7 Å². The highest BCUT2D eigenvalue weighted by Gasteiger charge is 2.52. The van der Waals surface area contributed by atoms with Crippen LogP contribution in [0.5, 0.6) is 5.75 Å². The van der Waals surface area contributed by atoms with Crippen LogP contribution in [-0.2, 0) is 20.7 Å². The standard InChI is InChI=1S/C13H13NO6/c1-3-19-12(16)13(8(2)15)7-9-6-10(14(17)18)4-5-11(9)20-13/h4-6H,3,7H2,1-2H3. The number of carbonyl (C=O) groups excluding carboxylic acids is 2. The zero-order valence-corrected chi connectivity index (χ0v) is 11.0. The minimum absolute atomic E-state index is 0.0574. The molecule has 1 aliphatic rings. The summed E-state index contributed by atoms with van der Waals surface area (Å²) in [5, 5.41) is 10.7. The lowest BCUT2D eigenvalue weighted by Crippen LogP contribution is -2.50. The van der Waals surface area contributed by atoms with Crippen molar-refractivity contribution >= 4 is 17.4 Å². The number of hydrogen-bond donors (Lipinski definition) is 0. The number of nitro benzene ring substituents is 1. The van der Waals surface area contributed by atoms with Gasteiger partial charge in [0.2, 0.25) is 0 Å². The molecular weight excluding hydrogens is 266 g/mol. The van der Waals surface area contributed by atoms with Crippen molar-refractivity contribution < 1.29 is 24.0 Å². The second-order valence-corrected chi connectivity index (χ2v) is 4.43. The van der Waals surface area contributed by atoms with Crippen LogP contribution in [0.4, 0.5) is 5.69 Å². The van der Waals surface area contributed by atoms with Gasteiger partial charge in [0.05, 0.1) is 11.5 Å². The number of ether oxygens (including phenoxy) is 2. The fourth-order valence-electron chi connectivity index (χ4n) is 2.11. The van der Waals surface area contributed by atoms with Gasteiger partial charge in [-0.3, -0.25) is 14.9 Å². The molecule has 0 fully saturated rings. The Morgan fingerprint density at radius 2 is 2.20 bits per heavy atom. The molecule has 0 saturated heterocycles. The van der Waals surface area contributed by atoms with Gasteiger partial charge in [-0.25, -0.2) is 4.79 Å². The number of esters is 1. The van der Waals surface area contributed by atoms with Gasteiger partial charge in [0.25, 0.3) is 11.3 Å². The molecule has 20 heavy (non-hydrogen) atoms. The number of hydrogen-bond acceptors (Lipinski definition) is 6. The molecule has 1 aliphatic heterocycles. The summed E-state index contributed by atoms with van der Waals surface area (Å²) in [6.07, 6.45) is -0.0574. The van der Waals surface area contributed by atoms with E-state index in [4.69, 9.17) is 9.47 Å². The number of rotatable bonds is 4. The van der Waals surface area contributed by atoms with Crippen LogP contribution in [0.1, 0.15) is 19.4 Å². The second kappa shape index (κ2) is 4.92. The predicted octanol–water partition coefficient (Wildman–Crippen LogP) is 1.42. The van der Waals surface area contributed by atoms with Crippen molar-refractivity contribution in [2.75, 3.05) is 6.61 Å². The molecule has 1 unspecified atom stereocenters. The third-order valence-corrected chi connectivity index (χ3v) is 3.15. The highest BCUT2D eigenvalue weighted by atomic mass is 16.6. The molecule has 0 saturated carbocycles. The first kappa shape index (κ1) is 14.0. The maximum Gasteiger partial charge on any atom is 0.358 e. The lowest BCUT2D eigenvalue weighted by atomic mass is 9.93. The molecule has 0 amide bonds. The molecule has 0 aliphatic carbocycles. The number of ketones is 1. The molecule has 106 valence electrons. The summed E-state index contributed by atoms with van der Waals surface area (Å²) in [5.74, 6) is -0.972. The van der Waals surface area contributed by atoms with E-state index >= 15 is 0 Å². The van der Waals surface area contributed by atoms with Gasteiger partial charge in [-0.1, -0.05) is 0 Å². The number of carbonyl (C=O) groups is 2. The van der Waals surface area contributed by atoms with Crippen LogP contribution >= 0.6 is 0 Å². The minimum Gasteiger partial charge on any atom is -0.467 e. The van der Waals surface area contributed by atoms with Crippen molar-refractivity contribution in [2.24, 2.45) is 0 Å². The predicted molar refractivity (Wildman–Crippen MR) is 67.5 cm³/mol. The fourth-order valence-corrected chi connectivity index (χ4v) is 2.11. The highest BCUT2D eigenvalue weighted by molar-refractivity contribution is 6.07. The molecule has 0 bridgehead atoms. The SMILES string of the molecule is CCOC(=O)C1(C(C)=O)Cc2cc([N+](=O)[O-])ccc2O1. The molecule has 1 aromatic carbocycles. The number of non-ortho nitro benzene ring substituents is 1. The Balaban J connectivity index is 2.40. The van der Waals surface area contributed by atoms with Crippen LogP contribution in [0.25, 0.3) is 0 Å². The van der Waals surface area contributed by atoms with Crippen LogP contribution in [-0.4, -0.2) is 28.9 Å². The maximum atomic E-state index is 12.0. The first-order valence-corrected chi connectivity index (χ1v) is 6.05. The van der Waals surface area contributed by atoms with Crippen LogP contribution in [0, 0.1) is 10.1 Å². The molecule has 0 N–H and O–H groups in total. The Hall–Kier alpha value is -2.44. The van der Waals surface area contributed by atoms with Crippen molar-refractivity contribution in [3.63, 3.8) is 0 Å². The van der Waals surface area contributed by atoms with Crippen molar-refractivity contribution in [1.82, 2.24) is 0 Å². The Bertz CT molecular complexity index is 597. The lowest BCUT2D eigenvalue weighted by molar-refractivity contribution is -0.384. The van der Waals surface area contributed by atoms with Gasteiger partial charge in [0.1, 0.15) is 5.75 Å². The fraction of sp³-hybridized carbons (Fsp3) is 0.385. The van der Waals surface area contributed by atoms with E-state index in [-0.39, 0.29) is 18.7 Å². The molecule has 7 nitrogen and oxygen atoms in total. The second-order valence-electron chi connectivity index (χ2n) is 4.43. The smallest absolute Gasteiger partial charge is 0.358 e. The van der Waals surface area contributed by atoms with E-state index in [9.17, 15) is 19.7 Å². The van der Waals surface area contributed by atoms with Gasteiger partial charge in [0.15, 0.2) is 5.78 Å². The van der Waals surface area contributed by atoms with E-state index in [1.807, 2.05) is 0 Å². The average Bonchev–Trinajstić information content (AvgIpc) is 2.78. The molecular formula is C13H13NO6. The van der Waals surface area contributed by atoms with Gasteiger partial charge in [-0.2, -0.15) is 0 Å². The van der Waals surface area contributed by atoms with Gasteiger partial charge >= 0.3 is 5.97 Å². The summed E-state index contributed by atoms with van der Waals surface area (Å²) in [7, 11) is 0. The summed E-state index contributed by atoms with van der Waals surface area (Å²) in [6.45, 7) is 2.98. The third-order valence-electron chi connectivity index (χ3n) is 3.15. The van der Waals surface area contributed by atoms with E-state index in [1.165, 1.54) is 25.1 Å². The maximum absolute atomic E-state index is 12.0. The Labute approximate surface area is 114 Å². The molecule has 1 atom stereocenters. The molecule has 1 heterocycles. The first-order valence-electron chi connectivity index (χ1n) is 6.05. The molecule has 1 aromatic rings. The first-order chi connectivity index (χ1) is 9.40. The van der Waals surface area contributed by atoms with Crippen molar-refractivity contribution in [1.29, 1.82) is 0 Å². The zero-order valence-electron chi connectivity index (χ0n) is 11.0. The summed E-state index contributed by atoms with van der Waals surface area (Å²) < 4.78 is 10.3. The van der Waals surface area contributed by atoms with Crippen molar-refractivity contribution in [3.8, 4) is 5.75 Å². The number of nitrogens with zero attached hydrogens (tertiary/aromatic N) is 1. The monoisotopic (exact) mass is 279 g/mol. The molecule has 2 rings (SSSR count). The zero-order chi connectivity index (χ0) is 14.9. The van der Waals surface area contributed by atoms with Gasteiger partial charge < -0.3 is 9.47 Å². The summed E-state index contributed by atoms with van der Waals surface area (Å²) in [4.78, 5) is 34.0. The number of benzene rings is 1. The van der Waals surface area contributed by atoms with Gasteiger partial charge in [0, 0.05) is 24.1 Å². The van der Waals surface area contributed by atoms with E-state index in [0.29, 0.717) is 11.3 Å². The van der Waals surface area contributed by atoms with E-state index < -0.39 is 22.3 Å². The summed E-state index contributed by atoms with van der Waals surface area (Å²) >= 11 is 0. The molecule has 0 aromatic heterocycles. The van der Waals surface area contributed by atoms with Gasteiger partial charge in [-0.05, 0) is 19.9 Å². The minimum atomic E-state index is -1.73. The van der Waals surface area contributed by atoms with Crippen LogP contribution < -0.4 is 4.74 Å². The lowest BCUT2D eigenvalue weighted by Gasteiger charge is -2.23. The number of Topliss-reactive ketones (excluding diaryl/α,β-unsaturated/α-hetero) is 1. The largest absolute Gasteiger partial charge is 0.467 e. The Kier molecular flexibility index (Phi) is 3.44. The van der Waals surface area contributed by atoms with E-state index in [2.05, 4.69) is 0 Å². The average molecular weight is 279 g/mol. The number of fused-ring (bicyclic) bond motifs is 1. The Morgan fingerprint density at radius 1 is 1.50 bits per heavy atom. The van der Waals surface area contributed by atoms with E-state index in [0.717, 1.165) is 0 Å². The van der Waals surface area contributed by atoms with Crippen LogP contribution in [0.3, 0.4) is 0 Å². The third kappa shape index (κ3) is 2.11. The van der Waals surface area contributed by atoms with Crippen molar-refractivity contribution in [3.05, 3.63) is 33.9 Å². The van der Waals surface area contributed by atoms with Crippen molar-refractivity contribution in [2.45, 2.75) is 25.9 Å². The summed E-state index contributed by atoms with van der Waals surface area (Å²) in [6, 6.07) is 3.96.